The molecule has 1 aromatic heterocycles. The first kappa shape index (κ1) is 14.5. The van der Waals surface area contributed by atoms with Crippen LogP contribution in [0.3, 0.4) is 0 Å². The van der Waals surface area contributed by atoms with E-state index in [4.69, 9.17) is 0 Å². The second kappa shape index (κ2) is 6.54. The van der Waals surface area contributed by atoms with Crippen LogP contribution in [0.4, 0.5) is 4.39 Å². The van der Waals surface area contributed by atoms with Crippen molar-refractivity contribution >= 4 is 17.4 Å². The van der Waals surface area contributed by atoms with E-state index >= 15 is 0 Å². The molecular weight excluding hydrogens is 281 g/mol. The molecule has 3 heteroatoms. The maximum Gasteiger partial charge on any atom is 0.131 e. The molecule has 0 unspecified atom stereocenters. The van der Waals surface area contributed by atoms with Crippen molar-refractivity contribution in [3.8, 4) is 10.4 Å². The Labute approximate surface area is 129 Å². The largest absolute Gasteiger partial charge is 0.310 e. The van der Waals surface area contributed by atoms with E-state index in [0.717, 1.165) is 23.9 Å². The summed E-state index contributed by atoms with van der Waals surface area (Å²) in [5, 5.41) is 3.55. The Morgan fingerprint density at radius 2 is 2.10 bits per heavy atom. The quantitative estimate of drug-likeness (QED) is 0.782. The fourth-order valence-electron chi connectivity index (χ4n) is 2.28. The highest BCUT2D eigenvalue weighted by Crippen LogP contribution is 2.31. The Balaban J connectivity index is 1.75. The molecule has 1 aromatic carbocycles. The van der Waals surface area contributed by atoms with Crippen LogP contribution < -0.4 is 5.32 Å². The third-order valence-electron chi connectivity index (χ3n) is 3.76. The van der Waals surface area contributed by atoms with Gasteiger partial charge in [-0.2, -0.15) is 0 Å². The Hall–Kier alpha value is -1.45. The number of halogens is 1. The monoisotopic (exact) mass is 301 g/mol. The molecule has 1 aliphatic carbocycles. The van der Waals surface area contributed by atoms with Crippen molar-refractivity contribution in [2.24, 2.45) is 0 Å². The van der Waals surface area contributed by atoms with Crippen LogP contribution in [0, 0.1) is 5.82 Å². The van der Waals surface area contributed by atoms with Crippen molar-refractivity contribution in [3.05, 3.63) is 52.7 Å². The molecule has 21 heavy (non-hydrogen) atoms. The van der Waals surface area contributed by atoms with Crippen LogP contribution in [0.5, 0.6) is 0 Å². The van der Waals surface area contributed by atoms with Crippen LogP contribution in [0.2, 0.25) is 0 Å². The zero-order valence-corrected chi connectivity index (χ0v) is 13.0. The van der Waals surface area contributed by atoms with Crippen LogP contribution in [0.15, 0.2) is 42.0 Å². The lowest BCUT2D eigenvalue weighted by Crippen LogP contribution is -2.18. The van der Waals surface area contributed by atoms with E-state index in [1.54, 1.807) is 17.4 Å². The molecule has 0 spiro atoms. The summed E-state index contributed by atoms with van der Waals surface area (Å²) in [6.45, 7) is 3.15. The standard InChI is InChI=1S/C18H20FNS/c1-2-13(12-20-14-7-8-14)11-15-9-10-18(21-15)16-5-3-4-6-17(16)19/h3-6,9-11,14,20H,2,7-8,12H2,1H3. The van der Waals surface area contributed by atoms with Gasteiger partial charge in [-0.1, -0.05) is 30.7 Å². The van der Waals surface area contributed by atoms with E-state index in [1.807, 2.05) is 18.2 Å². The van der Waals surface area contributed by atoms with Crippen molar-refractivity contribution < 1.29 is 4.39 Å². The Kier molecular flexibility index (Phi) is 4.51. The maximum absolute atomic E-state index is 13.8. The Morgan fingerprint density at radius 3 is 2.81 bits per heavy atom. The van der Waals surface area contributed by atoms with E-state index in [9.17, 15) is 4.39 Å². The van der Waals surface area contributed by atoms with E-state index in [2.05, 4.69) is 24.4 Å². The molecule has 0 amide bonds. The van der Waals surface area contributed by atoms with Crippen molar-refractivity contribution in [2.75, 3.05) is 6.54 Å². The molecule has 1 heterocycles. The molecule has 0 aliphatic heterocycles. The molecule has 1 N–H and O–H groups in total. The van der Waals surface area contributed by atoms with E-state index in [1.165, 1.54) is 29.4 Å². The van der Waals surface area contributed by atoms with Crippen LogP contribution >= 0.6 is 11.3 Å². The second-order valence-corrected chi connectivity index (χ2v) is 6.61. The molecule has 0 saturated heterocycles. The number of benzene rings is 1. The molecular formula is C18H20FNS. The van der Waals surface area contributed by atoms with Gasteiger partial charge in [0.25, 0.3) is 0 Å². The Bertz CT molecular complexity index is 640. The van der Waals surface area contributed by atoms with Gasteiger partial charge in [-0.25, -0.2) is 4.39 Å². The van der Waals surface area contributed by atoms with E-state index in [-0.39, 0.29) is 5.82 Å². The van der Waals surface area contributed by atoms with Crippen molar-refractivity contribution in [2.45, 2.75) is 32.2 Å². The van der Waals surface area contributed by atoms with Crippen LogP contribution in [-0.2, 0) is 0 Å². The van der Waals surface area contributed by atoms with Gasteiger partial charge in [0, 0.05) is 27.9 Å². The molecule has 1 fully saturated rings. The SMILES string of the molecule is CCC(=Cc1ccc(-c2ccccc2F)s1)CNC1CC1. The number of rotatable bonds is 6. The van der Waals surface area contributed by atoms with Gasteiger partial charge < -0.3 is 5.32 Å². The predicted octanol–water partition coefficient (Wildman–Crippen LogP) is 5.10. The lowest BCUT2D eigenvalue weighted by molar-refractivity contribution is 0.631. The molecule has 1 aliphatic rings. The molecule has 3 rings (SSSR count). The maximum atomic E-state index is 13.8. The summed E-state index contributed by atoms with van der Waals surface area (Å²) in [6.07, 6.45) is 5.91. The zero-order chi connectivity index (χ0) is 14.7. The molecule has 0 bridgehead atoms. The Morgan fingerprint density at radius 1 is 1.29 bits per heavy atom. The summed E-state index contributed by atoms with van der Waals surface area (Å²) in [5.41, 5.74) is 2.10. The van der Waals surface area contributed by atoms with E-state index in [0.29, 0.717) is 5.56 Å². The molecule has 1 nitrogen and oxygen atoms in total. The van der Waals surface area contributed by atoms with Gasteiger partial charge in [0.05, 0.1) is 0 Å². The zero-order valence-electron chi connectivity index (χ0n) is 12.2. The molecule has 0 radical (unpaired) electrons. The smallest absolute Gasteiger partial charge is 0.131 e. The average Bonchev–Trinajstić information content (AvgIpc) is 3.22. The van der Waals surface area contributed by atoms with Gasteiger partial charge >= 0.3 is 0 Å². The minimum absolute atomic E-state index is 0.152. The number of thiophene rings is 1. The minimum Gasteiger partial charge on any atom is -0.310 e. The van der Waals surface area contributed by atoms with Gasteiger partial charge in [0.1, 0.15) is 5.82 Å². The van der Waals surface area contributed by atoms with Gasteiger partial charge in [0.2, 0.25) is 0 Å². The lowest BCUT2D eigenvalue weighted by atomic mass is 10.1. The molecule has 1 saturated carbocycles. The summed E-state index contributed by atoms with van der Waals surface area (Å²) in [5.74, 6) is -0.152. The van der Waals surface area contributed by atoms with Crippen molar-refractivity contribution in [1.29, 1.82) is 0 Å². The summed E-state index contributed by atoms with van der Waals surface area (Å²) >= 11 is 1.65. The van der Waals surface area contributed by atoms with Crippen LogP contribution in [-0.4, -0.2) is 12.6 Å². The minimum atomic E-state index is -0.152. The lowest BCUT2D eigenvalue weighted by Gasteiger charge is -2.05. The second-order valence-electron chi connectivity index (χ2n) is 5.49. The number of hydrogen-bond acceptors (Lipinski definition) is 2. The highest BCUT2D eigenvalue weighted by atomic mass is 32.1. The molecule has 110 valence electrons. The third-order valence-corrected chi connectivity index (χ3v) is 4.83. The fourth-order valence-corrected chi connectivity index (χ4v) is 3.31. The van der Waals surface area contributed by atoms with Gasteiger partial charge in [0.15, 0.2) is 0 Å². The van der Waals surface area contributed by atoms with Gasteiger partial charge in [-0.05, 0) is 43.5 Å². The first-order chi connectivity index (χ1) is 10.3. The van der Waals surface area contributed by atoms with Crippen LogP contribution in [0.25, 0.3) is 16.5 Å². The van der Waals surface area contributed by atoms with Gasteiger partial charge in [-0.3, -0.25) is 0 Å². The number of nitrogens with one attached hydrogen (secondary N) is 1. The summed E-state index contributed by atoms with van der Waals surface area (Å²) in [4.78, 5) is 2.19. The van der Waals surface area contributed by atoms with E-state index < -0.39 is 0 Å². The fraction of sp³-hybridized carbons (Fsp3) is 0.333. The first-order valence-electron chi connectivity index (χ1n) is 7.54. The first-order valence-corrected chi connectivity index (χ1v) is 8.35. The highest BCUT2D eigenvalue weighted by molar-refractivity contribution is 7.16. The third kappa shape index (κ3) is 3.80. The average molecular weight is 301 g/mol. The topological polar surface area (TPSA) is 12.0 Å². The number of hydrogen-bond donors (Lipinski definition) is 1. The van der Waals surface area contributed by atoms with Crippen molar-refractivity contribution in [1.82, 2.24) is 5.32 Å². The molecule has 2 aromatic rings. The highest BCUT2D eigenvalue weighted by Gasteiger charge is 2.20. The van der Waals surface area contributed by atoms with Gasteiger partial charge in [-0.15, -0.1) is 11.3 Å². The molecule has 0 atom stereocenters. The summed E-state index contributed by atoms with van der Waals surface area (Å²) in [6, 6.07) is 11.8. The van der Waals surface area contributed by atoms with Crippen molar-refractivity contribution in [3.63, 3.8) is 0 Å². The normalized spacial score (nSPS) is 15.4. The summed E-state index contributed by atoms with van der Waals surface area (Å²) in [7, 11) is 0. The van der Waals surface area contributed by atoms with Crippen LogP contribution in [0.1, 0.15) is 31.1 Å². The summed E-state index contributed by atoms with van der Waals surface area (Å²) < 4.78 is 13.8. The predicted molar refractivity (Wildman–Crippen MR) is 89.0 cm³/mol.